The van der Waals surface area contributed by atoms with Crippen molar-refractivity contribution in [3.63, 3.8) is 0 Å². The van der Waals surface area contributed by atoms with E-state index in [-0.39, 0.29) is 24.4 Å². The molecule has 2 aliphatic heterocycles. The molecule has 0 saturated carbocycles. The number of benzene rings is 2. The first-order valence-corrected chi connectivity index (χ1v) is 10.8. The highest BCUT2D eigenvalue weighted by molar-refractivity contribution is 6.30. The number of nitrogens with zero attached hydrogens (tertiary/aromatic N) is 2. The number of hydrogen-bond donors (Lipinski definition) is 1. The molecule has 3 heterocycles. The van der Waals surface area contributed by atoms with Gasteiger partial charge in [-0.1, -0.05) is 55.8 Å². The molecule has 1 aromatic heterocycles. The lowest BCUT2D eigenvalue weighted by Crippen LogP contribution is -2.63. The highest BCUT2D eigenvalue weighted by Crippen LogP contribution is 2.42. The Labute approximate surface area is 180 Å². The molecule has 30 heavy (non-hydrogen) atoms. The lowest BCUT2D eigenvalue weighted by molar-refractivity contribution is -0.159. The van der Waals surface area contributed by atoms with Crippen molar-refractivity contribution in [1.82, 2.24) is 14.8 Å². The quantitative estimate of drug-likeness (QED) is 0.690. The Bertz CT molecular complexity index is 1150. The van der Waals surface area contributed by atoms with Crippen LogP contribution in [-0.2, 0) is 16.0 Å². The second-order valence-electron chi connectivity index (χ2n) is 8.65. The van der Waals surface area contributed by atoms with Crippen LogP contribution < -0.4 is 0 Å². The lowest BCUT2D eigenvalue weighted by Gasteiger charge is -2.47. The van der Waals surface area contributed by atoms with Crippen molar-refractivity contribution >= 4 is 34.3 Å². The van der Waals surface area contributed by atoms with Crippen molar-refractivity contribution in [2.75, 3.05) is 13.1 Å². The van der Waals surface area contributed by atoms with Crippen LogP contribution in [0.1, 0.15) is 36.7 Å². The number of halogens is 1. The number of fused-ring (bicyclic) bond motifs is 4. The number of nitrogens with one attached hydrogen (secondary N) is 1. The molecule has 0 bridgehead atoms. The van der Waals surface area contributed by atoms with Gasteiger partial charge in [0, 0.05) is 34.6 Å². The van der Waals surface area contributed by atoms with E-state index in [1.165, 1.54) is 0 Å². The SMILES string of the molecule is CC(C)CN1CC(=O)N2[C@H](c3cccc(Cl)c3)c3[nH]c4ccccc4c3C[C@H]2C1=O. The van der Waals surface area contributed by atoms with E-state index in [1.54, 1.807) is 9.80 Å². The predicted octanol–water partition coefficient (Wildman–Crippen LogP) is 4.16. The van der Waals surface area contributed by atoms with Crippen LogP contribution in [-0.4, -0.2) is 45.7 Å². The lowest BCUT2D eigenvalue weighted by atomic mass is 9.86. The Hall–Kier alpha value is -2.79. The fourth-order valence-corrected chi connectivity index (χ4v) is 5.14. The van der Waals surface area contributed by atoms with Gasteiger partial charge in [0.2, 0.25) is 11.8 Å². The topological polar surface area (TPSA) is 56.4 Å². The molecule has 5 nitrogen and oxygen atoms in total. The second-order valence-corrected chi connectivity index (χ2v) is 9.09. The first-order valence-electron chi connectivity index (χ1n) is 10.4. The van der Waals surface area contributed by atoms with E-state index >= 15 is 0 Å². The molecular formula is C24H24ClN3O2. The van der Waals surface area contributed by atoms with E-state index in [0.29, 0.717) is 23.9 Å². The van der Waals surface area contributed by atoms with E-state index < -0.39 is 6.04 Å². The molecule has 1 saturated heterocycles. The van der Waals surface area contributed by atoms with Gasteiger partial charge in [-0.2, -0.15) is 0 Å². The van der Waals surface area contributed by atoms with E-state index in [9.17, 15) is 9.59 Å². The molecule has 2 aromatic carbocycles. The molecule has 1 N–H and O–H groups in total. The van der Waals surface area contributed by atoms with Crippen molar-refractivity contribution in [1.29, 1.82) is 0 Å². The summed E-state index contributed by atoms with van der Waals surface area (Å²) in [5, 5.41) is 1.73. The molecule has 154 valence electrons. The Morgan fingerprint density at radius 1 is 1.13 bits per heavy atom. The van der Waals surface area contributed by atoms with Gasteiger partial charge >= 0.3 is 0 Å². The summed E-state index contributed by atoms with van der Waals surface area (Å²) in [6.07, 6.45) is 0.523. The highest BCUT2D eigenvalue weighted by atomic mass is 35.5. The minimum absolute atomic E-state index is 0.0190. The van der Waals surface area contributed by atoms with E-state index in [0.717, 1.165) is 27.7 Å². The zero-order valence-electron chi connectivity index (χ0n) is 17.1. The number of hydrogen-bond acceptors (Lipinski definition) is 2. The van der Waals surface area contributed by atoms with Gasteiger partial charge in [-0.05, 0) is 35.2 Å². The number of carbonyl (C=O) groups excluding carboxylic acids is 2. The van der Waals surface area contributed by atoms with Crippen LogP contribution in [0.4, 0.5) is 0 Å². The number of aromatic nitrogens is 1. The van der Waals surface area contributed by atoms with Crippen LogP contribution in [0.5, 0.6) is 0 Å². The maximum absolute atomic E-state index is 13.4. The van der Waals surface area contributed by atoms with E-state index in [1.807, 2.05) is 42.5 Å². The van der Waals surface area contributed by atoms with Crippen molar-refractivity contribution < 1.29 is 9.59 Å². The molecule has 2 atom stereocenters. The third-order valence-electron chi connectivity index (χ3n) is 6.09. The molecule has 0 unspecified atom stereocenters. The molecule has 0 spiro atoms. The molecule has 0 aliphatic carbocycles. The standard InChI is InChI=1S/C24H24ClN3O2/c1-14(2)12-27-13-21(29)28-20(24(27)30)11-18-17-8-3-4-9-19(17)26-22(18)23(28)15-6-5-7-16(25)10-15/h3-10,14,20,23,26H,11-13H2,1-2H3/t20-,23+/m0/s1. The number of rotatable bonds is 3. The summed E-state index contributed by atoms with van der Waals surface area (Å²) in [6.45, 7) is 4.85. The summed E-state index contributed by atoms with van der Waals surface area (Å²) in [5.41, 5.74) is 4.03. The van der Waals surface area contributed by atoms with Crippen LogP contribution in [0.2, 0.25) is 5.02 Å². The summed E-state index contributed by atoms with van der Waals surface area (Å²) in [4.78, 5) is 33.8. The first kappa shape index (κ1) is 19.2. The third kappa shape index (κ3) is 3.00. The molecule has 2 aliphatic rings. The van der Waals surface area contributed by atoms with Crippen LogP contribution in [0.25, 0.3) is 10.9 Å². The molecule has 6 heteroatoms. The minimum atomic E-state index is -0.499. The fourth-order valence-electron chi connectivity index (χ4n) is 4.94. The number of aromatic amines is 1. The van der Waals surface area contributed by atoms with Crippen LogP contribution in [0.3, 0.4) is 0 Å². The van der Waals surface area contributed by atoms with Gasteiger partial charge in [-0.15, -0.1) is 0 Å². The van der Waals surface area contributed by atoms with E-state index in [4.69, 9.17) is 11.6 Å². The largest absolute Gasteiger partial charge is 0.356 e. The summed E-state index contributed by atoms with van der Waals surface area (Å²) in [7, 11) is 0. The molecule has 2 amide bonds. The first-order chi connectivity index (χ1) is 14.4. The summed E-state index contributed by atoms with van der Waals surface area (Å²) < 4.78 is 0. The van der Waals surface area contributed by atoms with Gasteiger partial charge in [0.15, 0.2) is 0 Å². The van der Waals surface area contributed by atoms with Crippen LogP contribution in [0.15, 0.2) is 48.5 Å². The van der Waals surface area contributed by atoms with Gasteiger partial charge in [-0.25, -0.2) is 0 Å². The van der Waals surface area contributed by atoms with Gasteiger partial charge < -0.3 is 14.8 Å². The molecular weight excluding hydrogens is 398 g/mol. The minimum Gasteiger partial charge on any atom is -0.356 e. The van der Waals surface area contributed by atoms with Gasteiger partial charge in [0.25, 0.3) is 0 Å². The van der Waals surface area contributed by atoms with Gasteiger partial charge in [0.1, 0.15) is 6.04 Å². The van der Waals surface area contributed by atoms with Crippen molar-refractivity contribution in [3.8, 4) is 0 Å². The van der Waals surface area contributed by atoms with Crippen molar-refractivity contribution in [3.05, 3.63) is 70.4 Å². The zero-order valence-corrected chi connectivity index (χ0v) is 17.8. The normalized spacial score (nSPS) is 21.3. The predicted molar refractivity (Wildman–Crippen MR) is 117 cm³/mol. The smallest absolute Gasteiger partial charge is 0.246 e. The third-order valence-corrected chi connectivity index (χ3v) is 6.33. The molecule has 5 rings (SSSR count). The number of para-hydroxylation sites is 1. The average molecular weight is 422 g/mol. The number of H-pyrrole nitrogens is 1. The Kier molecular flexibility index (Phi) is 4.58. The van der Waals surface area contributed by atoms with Crippen molar-refractivity contribution in [2.45, 2.75) is 32.4 Å². The van der Waals surface area contributed by atoms with Gasteiger partial charge in [0.05, 0.1) is 12.6 Å². The molecule has 3 aromatic rings. The maximum atomic E-state index is 13.4. The van der Waals surface area contributed by atoms with Gasteiger partial charge in [-0.3, -0.25) is 9.59 Å². The second kappa shape index (κ2) is 7.17. The number of piperazine rings is 1. The monoisotopic (exact) mass is 421 g/mol. The van der Waals surface area contributed by atoms with Crippen molar-refractivity contribution in [2.24, 2.45) is 5.92 Å². The fraction of sp³-hybridized carbons (Fsp3) is 0.333. The Morgan fingerprint density at radius 2 is 1.93 bits per heavy atom. The van der Waals surface area contributed by atoms with Crippen LogP contribution >= 0.6 is 11.6 Å². The molecule has 1 fully saturated rings. The summed E-state index contributed by atoms with van der Waals surface area (Å²) in [6, 6.07) is 14.9. The summed E-state index contributed by atoms with van der Waals surface area (Å²) >= 11 is 6.30. The zero-order chi connectivity index (χ0) is 21.0. The Balaban J connectivity index is 1.69. The Morgan fingerprint density at radius 3 is 2.70 bits per heavy atom. The average Bonchev–Trinajstić information content (AvgIpc) is 3.08. The number of amides is 2. The highest BCUT2D eigenvalue weighted by Gasteiger charge is 2.48. The van der Waals surface area contributed by atoms with E-state index in [2.05, 4.69) is 24.9 Å². The summed E-state index contributed by atoms with van der Waals surface area (Å²) in [5.74, 6) is 0.324. The molecule has 0 radical (unpaired) electrons. The number of carbonyl (C=O) groups is 2. The van der Waals surface area contributed by atoms with Crippen LogP contribution in [0, 0.1) is 5.92 Å². The maximum Gasteiger partial charge on any atom is 0.246 e.